The van der Waals surface area contributed by atoms with Gasteiger partial charge in [0.05, 0.1) is 17.0 Å². The molecular formula is C24H15NO2. The second-order valence-corrected chi connectivity index (χ2v) is 7.34. The van der Waals surface area contributed by atoms with E-state index in [1.54, 1.807) is 0 Å². The summed E-state index contributed by atoms with van der Waals surface area (Å²) >= 11 is 0. The molecule has 1 N–H and O–H groups in total. The lowest BCUT2D eigenvalue weighted by molar-refractivity contribution is 0.271. The highest BCUT2D eigenvalue weighted by atomic mass is 16.5. The largest absolute Gasteiger partial charge is 0.483 e. The number of para-hydroxylation sites is 2. The Hall–Kier alpha value is -3.46. The van der Waals surface area contributed by atoms with Gasteiger partial charge in [-0.25, -0.2) is 0 Å². The Balaban J connectivity index is 1.80. The van der Waals surface area contributed by atoms with Gasteiger partial charge in [0.25, 0.3) is 0 Å². The van der Waals surface area contributed by atoms with Gasteiger partial charge in [-0.1, -0.05) is 54.6 Å². The van der Waals surface area contributed by atoms with Crippen LogP contribution in [-0.2, 0) is 0 Å². The van der Waals surface area contributed by atoms with Gasteiger partial charge in [0.2, 0.25) is 0 Å². The number of hydrogen-bond acceptors (Lipinski definition) is 2. The Morgan fingerprint density at radius 2 is 1.63 bits per heavy atom. The smallest absolute Gasteiger partial charge is 0.152 e. The van der Waals surface area contributed by atoms with Crippen molar-refractivity contribution in [2.24, 2.45) is 0 Å². The number of furan rings is 1. The molecule has 7 rings (SSSR count). The van der Waals surface area contributed by atoms with Crippen LogP contribution in [-0.4, -0.2) is 11.1 Å². The number of hydrogen-bond donors (Lipinski definition) is 1. The van der Waals surface area contributed by atoms with Gasteiger partial charge in [-0.3, -0.25) is 0 Å². The standard InChI is InChI=1S/C24H15NO2/c1-4-10-16-13(7-1)19-20-14-8-2-5-11-17(14)26-23(20)21-15-9-3-6-12-18(15)27-24(21)22(19)25-16/h1-12,15,18,25H. The fourth-order valence-electron chi connectivity index (χ4n) is 4.81. The van der Waals surface area contributed by atoms with E-state index in [2.05, 4.69) is 65.7 Å². The molecule has 128 valence electrons. The number of H-pyrrole nitrogens is 1. The molecule has 3 aromatic carbocycles. The van der Waals surface area contributed by atoms with E-state index in [1.807, 2.05) is 12.1 Å². The molecule has 0 spiro atoms. The Labute approximate surface area is 154 Å². The number of aromatic nitrogens is 1. The molecule has 2 aliphatic rings. The summed E-state index contributed by atoms with van der Waals surface area (Å²) < 4.78 is 12.8. The zero-order valence-corrected chi connectivity index (χ0v) is 14.4. The van der Waals surface area contributed by atoms with Crippen LogP contribution in [0.2, 0.25) is 0 Å². The summed E-state index contributed by atoms with van der Waals surface area (Å²) in [6, 6.07) is 16.7. The molecule has 0 saturated heterocycles. The lowest BCUT2D eigenvalue weighted by atomic mass is 9.89. The van der Waals surface area contributed by atoms with Crippen LogP contribution in [0, 0.1) is 0 Å². The van der Waals surface area contributed by atoms with Crippen molar-refractivity contribution in [1.29, 1.82) is 0 Å². The number of nitrogens with one attached hydrogen (secondary N) is 1. The van der Waals surface area contributed by atoms with Crippen LogP contribution in [0.15, 0.2) is 77.3 Å². The highest BCUT2D eigenvalue weighted by molar-refractivity contribution is 6.29. The average molecular weight is 349 g/mol. The van der Waals surface area contributed by atoms with E-state index in [-0.39, 0.29) is 12.0 Å². The minimum atomic E-state index is 0.0263. The van der Waals surface area contributed by atoms with E-state index in [9.17, 15) is 0 Å². The monoisotopic (exact) mass is 349 g/mol. The fraction of sp³-hybridized carbons (Fsp3) is 0.0833. The second kappa shape index (κ2) is 4.63. The summed E-state index contributed by atoms with van der Waals surface area (Å²) in [5, 5.41) is 4.74. The highest BCUT2D eigenvalue weighted by Crippen LogP contribution is 2.52. The topological polar surface area (TPSA) is 38.2 Å². The third kappa shape index (κ3) is 1.58. The van der Waals surface area contributed by atoms with E-state index < -0.39 is 0 Å². The molecule has 2 atom stereocenters. The molecule has 1 aliphatic heterocycles. The van der Waals surface area contributed by atoms with Crippen LogP contribution in [0.3, 0.4) is 0 Å². The van der Waals surface area contributed by atoms with E-state index in [0.717, 1.165) is 38.9 Å². The van der Waals surface area contributed by atoms with Crippen molar-refractivity contribution in [2.45, 2.75) is 12.0 Å². The minimum Gasteiger partial charge on any atom is -0.483 e. The molecule has 0 saturated carbocycles. The molecule has 2 aromatic heterocycles. The van der Waals surface area contributed by atoms with Crippen LogP contribution in [0.25, 0.3) is 43.7 Å². The summed E-state index contributed by atoms with van der Waals surface area (Å²) in [4.78, 5) is 3.62. The number of fused-ring (bicyclic) bond motifs is 12. The summed E-state index contributed by atoms with van der Waals surface area (Å²) in [6.45, 7) is 0. The molecule has 0 radical (unpaired) electrons. The molecule has 3 heteroatoms. The van der Waals surface area contributed by atoms with Crippen molar-refractivity contribution in [3.8, 4) is 5.75 Å². The van der Waals surface area contributed by atoms with Crippen LogP contribution >= 0.6 is 0 Å². The number of aromatic amines is 1. The highest BCUT2D eigenvalue weighted by Gasteiger charge is 2.38. The number of allylic oxidation sites excluding steroid dienone is 2. The van der Waals surface area contributed by atoms with E-state index in [1.165, 1.54) is 16.2 Å². The lowest BCUT2D eigenvalue weighted by Crippen LogP contribution is -2.15. The first-order valence-corrected chi connectivity index (χ1v) is 9.29. The minimum absolute atomic E-state index is 0.0263. The van der Waals surface area contributed by atoms with Gasteiger partial charge in [0.15, 0.2) is 5.75 Å². The van der Waals surface area contributed by atoms with Crippen molar-refractivity contribution in [3.05, 3.63) is 78.4 Å². The average Bonchev–Trinajstić information content (AvgIpc) is 3.38. The maximum Gasteiger partial charge on any atom is 0.152 e. The van der Waals surface area contributed by atoms with Crippen molar-refractivity contribution < 1.29 is 9.15 Å². The molecule has 0 fully saturated rings. The Bertz CT molecular complexity index is 1460. The quantitative estimate of drug-likeness (QED) is 0.362. The van der Waals surface area contributed by atoms with Crippen LogP contribution < -0.4 is 4.74 Å². The molecule has 0 bridgehead atoms. The lowest BCUT2D eigenvalue weighted by Gasteiger charge is -2.13. The van der Waals surface area contributed by atoms with Gasteiger partial charge in [-0.05, 0) is 18.2 Å². The Kier molecular flexibility index (Phi) is 2.35. The maximum atomic E-state index is 6.43. The van der Waals surface area contributed by atoms with E-state index in [4.69, 9.17) is 9.15 Å². The van der Waals surface area contributed by atoms with Crippen LogP contribution in [0.4, 0.5) is 0 Å². The normalized spacial score (nSPS) is 20.6. The van der Waals surface area contributed by atoms with Crippen molar-refractivity contribution >= 4 is 43.7 Å². The van der Waals surface area contributed by atoms with Gasteiger partial charge in [0, 0.05) is 27.1 Å². The van der Waals surface area contributed by atoms with Crippen molar-refractivity contribution in [3.63, 3.8) is 0 Å². The molecule has 27 heavy (non-hydrogen) atoms. The molecule has 2 unspecified atom stereocenters. The fourth-order valence-corrected chi connectivity index (χ4v) is 4.81. The number of rotatable bonds is 0. The second-order valence-electron chi connectivity index (χ2n) is 7.34. The van der Waals surface area contributed by atoms with Gasteiger partial charge >= 0.3 is 0 Å². The summed E-state index contributed by atoms with van der Waals surface area (Å²) in [5.41, 5.74) is 5.23. The Morgan fingerprint density at radius 1 is 0.815 bits per heavy atom. The summed E-state index contributed by atoms with van der Waals surface area (Å²) in [5.74, 6) is 1.11. The number of benzene rings is 3. The summed E-state index contributed by atoms with van der Waals surface area (Å²) in [6.07, 6.45) is 8.54. The first-order chi connectivity index (χ1) is 13.4. The Morgan fingerprint density at radius 3 is 2.59 bits per heavy atom. The zero-order valence-electron chi connectivity index (χ0n) is 14.4. The molecular weight excluding hydrogens is 334 g/mol. The molecule has 3 nitrogen and oxygen atoms in total. The van der Waals surface area contributed by atoms with Crippen LogP contribution in [0.1, 0.15) is 11.5 Å². The van der Waals surface area contributed by atoms with Gasteiger partial charge in [-0.2, -0.15) is 0 Å². The van der Waals surface area contributed by atoms with E-state index in [0.29, 0.717) is 0 Å². The molecule has 1 aliphatic carbocycles. The van der Waals surface area contributed by atoms with Crippen molar-refractivity contribution in [2.75, 3.05) is 0 Å². The van der Waals surface area contributed by atoms with Gasteiger partial charge in [-0.15, -0.1) is 0 Å². The van der Waals surface area contributed by atoms with E-state index >= 15 is 0 Å². The first-order valence-electron chi connectivity index (χ1n) is 9.29. The number of ether oxygens (including phenoxy) is 1. The molecule has 3 heterocycles. The zero-order chi connectivity index (χ0) is 17.5. The first kappa shape index (κ1) is 13.7. The van der Waals surface area contributed by atoms with Gasteiger partial charge in [0.1, 0.15) is 17.3 Å². The van der Waals surface area contributed by atoms with Gasteiger partial charge < -0.3 is 14.1 Å². The SMILES string of the molecule is C1=CC2Oc3c(c4oc5ccccc5c4c4c3[nH]c3ccccc34)C2C=C1. The summed E-state index contributed by atoms with van der Waals surface area (Å²) in [7, 11) is 0. The predicted molar refractivity (Wildman–Crippen MR) is 109 cm³/mol. The van der Waals surface area contributed by atoms with Crippen LogP contribution in [0.5, 0.6) is 5.75 Å². The predicted octanol–water partition coefficient (Wildman–Crippen LogP) is 6.19. The molecule has 5 aromatic rings. The maximum absolute atomic E-state index is 6.43. The third-order valence-corrected chi connectivity index (χ3v) is 5.94. The third-order valence-electron chi connectivity index (χ3n) is 5.94. The van der Waals surface area contributed by atoms with Crippen molar-refractivity contribution in [1.82, 2.24) is 4.98 Å². The molecule has 0 amide bonds.